The Morgan fingerprint density at radius 3 is 2.38 bits per heavy atom. The van der Waals surface area contributed by atoms with Gasteiger partial charge in [-0.2, -0.15) is 0 Å². The number of anilines is 1. The molecule has 7 nitrogen and oxygen atoms in total. The summed E-state index contributed by atoms with van der Waals surface area (Å²) in [4.78, 5) is 33.2. The van der Waals surface area contributed by atoms with Gasteiger partial charge in [0.05, 0.1) is 0 Å². The van der Waals surface area contributed by atoms with E-state index in [0.29, 0.717) is 24.3 Å². The van der Waals surface area contributed by atoms with Crippen molar-refractivity contribution in [1.82, 2.24) is 20.1 Å². The Hall–Kier alpha value is -2.93. The van der Waals surface area contributed by atoms with Crippen molar-refractivity contribution < 1.29 is 9.59 Å². The summed E-state index contributed by atoms with van der Waals surface area (Å²) >= 11 is 0. The van der Waals surface area contributed by atoms with Gasteiger partial charge in [-0.15, -0.1) is 0 Å². The molecule has 2 heterocycles. The molecule has 0 atom stereocenters. The zero-order chi connectivity index (χ0) is 20.9. The molecule has 2 aromatic rings. The predicted molar refractivity (Wildman–Crippen MR) is 114 cm³/mol. The second-order valence-corrected chi connectivity index (χ2v) is 8.33. The highest BCUT2D eigenvalue weighted by Crippen LogP contribution is 2.14. The standard InChI is InChI=1S/C22H29N5O2/c1-22(2,3)25-20(28)18-5-4-6-19(15-18)24-21(29)27-13-11-26(12-14-27)16-17-7-9-23-10-8-17/h4-10,15H,11-14,16H2,1-3H3,(H,24,29)(H,25,28). The van der Waals surface area contributed by atoms with Gasteiger partial charge in [-0.1, -0.05) is 6.07 Å². The second kappa shape index (κ2) is 9.05. The molecule has 7 heteroatoms. The van der Waals surface area contributed by atoms with Gasteiger partial charge in [-0.25, -0.2) is 4.79 Å². The topological polar surface area (TPSA) is 77.6 Å². The van der Waals surface area contributed by atoms with Crippen molar-refractivity contribution in [2.75, 3.05) is 31.5 Å². The van der Waals surface area contributed by atoms with Crippen molar-refractivity contribution in [3.63, 3.8) is 0 Å². The number of nitrogens with one attached hydrogen (secondary N) is 2. The van der Waals surface area contributed by atoms with Crippen LogP contribution in [0.4, 0.5) is 10.5 Å². The summed E-state index contributed by atoms with van der Waals surface area (Å²) in [7, 11) is 0. The lowest BCUT2D eigenvalue weighted by atomic mass is 10.1. The highest BCUT2D eigenvalue weighted by molar-refractivity contribution is 5.97. The van der Waals surface area contributed by atoms with E-state index in [0.717, 1.165) is 19.6 Å². The number of carbonyl (C=O) groups excluding carboxylic acids is 2. The van der Waals surface area contributed by atoms with Gasteiger partial charge < -0.3 is 15.5 Å². The molecule has 0 aliphatic carbocycles. The zero-order valence-corrected chi connectivity index (χ0v) is 17.3. The number of rotatable bonds is 4. The van der Waals surface area contributed by atoms with E-state index in [1.165, 1.54) is 5.56 Å². The van der Waals surface area contributed by atoms with E-state index in [4.69, 9.17) is 0 Å². The van der Waals surface area contributed by atoms with Crippen LogP contribution in [0.25, 0.3) is 0 Å². The third kappa shape index (κ3) is 6.29. The molecule has 3 amide bonds. The monoisotopic (exact) mass is 395 g/mol. The van der Waals surface area contributed by atoms with Crippen LogP contribution in [-0.2, 0) is 6.54 Å². The van der Waals surface area contributed by atoms with Crippen LogP contribution in [0, 0.1) is 0 Å². The first-order chi connectivity index (χ1) is 13.8. The number of benzene rings is 1. The molecule has 29 heavy (non-hydrogen) atoms. The summed E-state index contributed by atoms with van der Waals surface area (Å²) in [6, 6.07) is 10.9. The molecule has 3 rings (SSSR count). The third-order valence-corrected chi connectivity index (χ3v) is 4.68. The molecular formula is C22H29N5O2. The van der Waals surface area contributed by atoms with Crippen molar-refractivity contribution in [2.45, 2.75) is 32.9 Å². The first-order valence-corrected chi connectivity index (χ1v) is 9.90. The van der Waals surface area contributed by atoms with Crippen molar-refractivity contribution >= 4 is 17.6 Å². The van der Waals surface area contributed by atoms with Crippen LogP contribution in [0.2, 0.25) is 0 Å². The van der Waals surface area contributed by atoms with Gasteiger partial charge in [-0.3, -0.25) is 14.7 Å². The van der Waals surface area contributed by atoms with Crippen molar-refractivity contribution in [3.05, 3.63) is 59.9 Å². The molecule has 1 aromatic carbocycles. The highest BCUT2D eigenvalue weighted by Gasteiger charge is 2.21. The van der Waals surface area contributed by atoms with Gasteiger partial charge >= 0.3 is 6.03 Å². The van der Waals surface area contributed by atoms with Crippen LogP contribution in [-0.4, -0.2) is 58.4 Å². The van der Waals surface area contributed by atoms with Gasteiger partial charge in [0.1, 0.15) is 0 Å². The largest absolute Gasteiger partial charge is 0.347 e. The summed E-state index contributed by atoms with van der Waals surface area (Å²) in [5.41, 5.74) is 2.06. The average Bonchev–Trinajstić information content (AvgIpc) is 2.68. The third-order valence-electron chi connectivity index (χ3n) is 4.68. The van der Waals surface area contributed by atoms with Crippen molar-refractivity contribution in [3.8, 4) is 0 Å². The van der Waals surface area contributed by atoms with Crippen LogP contribution in [0.15, 0.2) is 48.8 Å². The van der Waals surface area contributed by atoms with E-state index in [-0.39, 0.29) is 17.5 Å². The highest BCUT2D eigenvalue weighted by atomic mass is 16.2. The molecule has 0 bridgehead atoms. The second-order valence-electron chi connectivity index (χ2n) is 8.33. The van der Waals surface area contributed by atoms with E-state index < -0.39 is 0 Å². The van der Waals surface area contributed by atoms with E-state index >= 15 is 0 Å². The summed E-state index contributed by atoms with van der Waals surface area (Å²) in [6.45, 7) is 9.65. The minimum absolute atomic E-state index is 0.137. The van der Waals surface area contributed by atoms with Crippen LogP contribution in [0.1, 0.15) is 36.7 Å². The van der Waals surface area contributed by atoms with Crippen LogP contribution in [0.5, 0.6) is 0 Å². The molecule has 0 spiro atoms. The van der Waals surface area contributed by atoms with E-state index in [9.17, 15) is 9.59 Å². The minimum atomic E-state index is -0.313. The molecule has 1 fully saturated rings. The van der Waals surface area contributed by atoms with E-state index in [2.05, 4.69) is 20.5 Å². The lowest BCUT2D eigenvalue weighted by molar-refractivity contribution is 0.0919. The number of pyridine rings is 1. The molecule has 1 aliphatic heterocycles. The molecular weight excluding hydrogens is 366 g/mol. The molecule has 0 unspecified atom stereocenters. The molecule has 154 valence electrons. The van der Waals surface area contributed by atoms with Gasteiger partial charge in [0, 0.05) is 61.9 Å². The van der Waals surface area contributed by atoms with E-state index in [1.807, 2.05) is 37.8 Å². The summed E-state index contributed by atoms with van der Waals surface area (Å²) in [5.74, 6) is -0.154. The Morgan fingerprint density at radius 1 is 1.03 bits per heavy atom. The Labute approximate surface area is 172 Å². The molecule has 1 aromatic heterocycles. The zero-order valence-electron chi connectivity index (χ0n) is 17.3. The lowest BCUT2D eigenvalue weighted by Gasteiger charge is -2.34. The summed E-state index contributed by atoms with van der Waals surface area (Å²) in [6.07, 6.45) is 3.60. The fourth-order valence-corrected chi connectivity index (χ4v) is 3.21. The minimum Gasteiger partial charge on any atom is -0.347 e. The molecule has 0 radical (unpaired) electrons. The maximum Gasteiger partial charge on any atom is 0.321 e. The van der Waals surface area contributed by atoms with Gasteiger partial charge in [0.25, 0.3) is 5.91 Å². The Morgan fingerprint density at radius 2 is 1.72 bits per heavy atom. The normalized spacial score (nSPS) is 15.1. The van der Waals surface area contributed by atoms with Crippen molar-refractivity contribution in [2.24, 2.45) is 0 Å². The number of amides is 3. The van der Waals surface area contributed by atoms with E-state index in [1.54, 1.807) is 36.7 Å². The number of aromatic nitrogens is 1. The van der Waals surface area contributed by atoms with Crippen LogP contribution >= 0.6 is 0 Å². The summed E-state index contributed by atoms with van der Waals surface area (Å²) < 4.78 is 0. The maximum absolute atomic E-state index is 12.6. The van der Waals surface area contributed by atoms with Gasteiger partial charge in [-0.05, 0) is 56.7 Å². The van der Waals surface area contributed by atoms with Gasteiger partial charge in [0.2, 0.25) is 0 Å². The molecule has 1 aliphatic rings. The number of carbonyl (C=O) groups is 2. The number of urea groups is 1. The summed E-state index contributed by atoms with van der Waals surface area (Å²) in [5, 5.41) is 5.85. The van der Waals surface area contributed by atoms with Gasteiger partial charge in [0.15, 0.2) is 0 Å². The average molecular weight is 396 g/mol. The first-order valence-electron chi connectivity index (χ1n) is 9.90. The maximum atomic E-state index is 12.6. The number of hydrogen-bond donors (Lipinski definition) is 2. The SMILES string of the molecule is CC(C)(C)NC(=O)c1cccc(NC(=O)N2CCN(Cc3ccncc3)CC2)c1. The number of nitrogens with zero attached hydrogens (tertiary/aromatic N) is 3. The fourth-order valence-electron chi connectivity index (χ4n) is 3.21. The predicted octanol–water partition coefficient (Wildman–Crippen LogP) is 2.96. The first kappa shape index (κ1) is 20.8. The van der Waals surface area contributed by atoms with Crippen LogP contribution in [0.3, 0.4) is 0 Å². The Bertz CT molecular complexity index is 840. The number of piperazine rings is 1. The Balaban J connectivity index is 1.52. The smallest absolute Gasteiger partial charge is 0.321 e. The Kier molecular flexibility index (Phi) is 6.49. The lowest BCUT2D eigenvalue weighted by Crippen LogP contribution is -2.49. The number of hydrogen-bond acceptors (Lipinski definition) is 4. The van der Waals surface area contributed by atoms with Crippen molar-refractivity contribution in [1.29, 1.82) is 0 Å². The van der Waals surface area contributed by atoms with Crippen LogP contribution < -0.4 is 10.6 Å². The molecule has 0 saturated carbocycles. The molecule has 2 N–H and O–H groups in total. The quantitative estimate of drug-likeness (QED) is 0.834. The fraction of sp³-hybridized carbons (Fsp3) is 0.409. The molecule has 1 saturated heterocycles.